The normalized spacial score (nSPS) is 19.3. The van der Waals surface area contributed by atoms with Crippen molar-refractivity contribution in [2.24, 2.45) is 4.99 Å². The number of rotatable bonds is 3. The summed E-state index contributed by atoms with van der Waals surface area (Å²) >= 11 is 1.65. The van der Waals surface area contributed by atoms with Crippen molar-refractivity contribution in [2.75, 3.05) is 5.73 Å². The third kappa shape index (κ3) is 2.33. The van der Waals surface area contributed by atoms with E-state index in [2.05, 4.69) is 21.0 Å². The van der Waals surface area contributed by atoms with Crippen molar-refractivity contribution in [1.29, 1.82) is 0 Å². The Morgan fingerprint density at radius 2 is 2.05 bits per heavy atom. The number of nitrogens with two attached hydrogens (primary N) is 1. The largest absolute Gasteiger partial charge is 0.455 e. The van der Waals surface area contributed by atoms with E-state index in [4.69, 9.17) is 10.5 Å². The van der Waals surface area contributed by atoms with Crippen molar-refractivity contribution in [2.45, 2.75) is 6.17 Å². The molecule has 110 valence electrons. The Labute approximate surface area is 131 Å². The van der Waals surface area contributed by atoms with Crippen LogP contribution in [0, 0.1) is 0 Å². The molecular formula is C16H14N4OS. The molecule has 0 saturated heterocycles. The Morgan fingerprint density at radius 3 is 2.82 bits per heavy atom. The molecule has 5 nitrogen and oxygen atoms in total. The quantitative estimate of drug-likeness (QED) is 0.761. The molecule has 1 aromatic heterocycles. The summed E-state index contributed by atoms with van der Waals surface area (Å²) in [5.41, 5.74) is 8.41. The van der Waals surface area contributed by atoms with E-state index < -0.39 is 0 Å². The van der Waals surface area contributed by atoms with Crippen molar-refractivity contribution in [3.8, 4) is 5.75 Å². The maximum atomic E-state index is 5.95. The summed E-state index contributed by atoms with van der Waals surface area (Å²) in [6.45, 7) is 0. The molecule has 2 aliphatic rings. The molecule has 0 amide bonds. The molecule has 1 aromatic carbocycles. The minimum atomic E-state index is -0.135. The smallest absolute Gasteiger partial charge is 0.165 e. The molecule has 2 aromatic rings. The van der Waals surface area contributed by atoms with Crippen LogP contribution in [0.4, 0.5) is 5.69 Å². The zero-order valence-electron chi connectivity index (χ0n) is 11.6. The maximum Gasteiger partial charge on any atom is 0.165 e. The molecule has 1 unspecified atom stereocenters. The number of dihydropyridines is 1. The molecule has 3 heterocycles. The van der Waals surface area contributed by atoms with Gasteiger partial charge in [0.15, 0.2) is 11.9 Å². The van der Waals surface area contributed by atoms with Crippen molar-refractivity contribution >= 4 is 22.9 Å². The van der Waals surface area contributed by atoms with Crippen LogP contribution < -0.4 is 21.1 Å². The first-order valence-corrected chi connectivity index (χ1v) is 7.81. The van der Waals surface area contributed by atoms with E-state index in [1.54, 1.807) is 11.3 Å². The summed E-state index contributed by atoms with van der Waals surface area (Å²) in [6.07, 6.45) is 3.60. The molecule has 1 atom stereocenters. The van der Waals surface area contributed by atoms with E-state index in [9.17, 15) is 0 Å². The summed E-state index contributed by atoms with van der Waals surface area (Å²) in [7, 11) is 0. The van der Waals surface area contributed by atoms with Crippen LogP contribution in [0.1, 0.15) is 5.56 Å². The lowest BCUT2D eigenvalue weighted by Crippen LogP contribution is -2.31. The Bertz CT molecular complexity index is 775. The van der Waals surface area contributed by atoms with Crippen molar-refractivity contribution in [1.82, 2.24) is 10.6 Å². The lowest BCUT2D eigenvalue weighted by Gasteiger charge is -2.19. The fraction of sp³-hybridized carbons (Fsp3) is 0.0625. The number of anilines is 1. The minimum absolute atomic E-state index is 0.135. The third-order valence-corrected chi connectivity index (χ3v) is 4.12. The summed E-state index contributed by atoms with van der Waals surface area (Å²) in [6, 6.07) is 9.38. The second-order valence-electron chi connectivity index (χ2n) is 4.97. The zero-order chi connectivity index (χ0) is 14.9. The Kier molecular flexibility index (Phi) is 3.08. The Hall–Kier alpha value is -2.73. The Morgan fingerprint density at radius 1 is 1.18 bits per heavy atom. The molecule has 6 heteroatoms. The van der Waals surface area contributed by atoms with Gasteiger partial charge in [-0.3, -0.25) is 0 Å². The fourth-order valence-electron chi connectivity index (χ4n) is 2.34. The molecule has 4 rings (SSSR count). The van der Waals surface area contributed by atoms with Gasteiger partial charge in [-0.05, 0) is 41.8 Å². The van der Waals surface area contributed by atoms with E-state index in [1.807, 2.05) is 48.0 Å². The first-order valence-electron chi connectivity index (χ1n) is 6.87. The molecule has 0 radical (unpaired) electrons. The number of benzene rings is 1. The number of amidine groups is 1. The highest BCUT2D eigenvalue weighted by Gasteiger charge is 2.28. The number of hydrogen-bond donors (Lipinski definition) is 3. The summed E-state index contributed by atoms with van der Waals surface area (Å²) in [4.78, 5) is 4.65. The van der Waals surface area contributed by atoms with E-state index in [-0.39, 0.29) is 6.17 Å². The van der Waals surface area contributed by atoms with Crippen molar-refractivity contribution in [3.63, 3.8) is 0 Å². The summed E-state index contributed by atoms with van der Waals surface area (Å²) < 4.78 is 5.95. The third-order valence-electron chi connectivity index (χ3n) is 3.44. The highest BCUT2D eigenvalue weighted by atomic mass is 32.1. The number of hydrogen-bond acceptors (Lipinski definition) is 6. The van der Waals surface area contributed by atoms with Gasteiger partial charge < -0.3 is 21.1 Å². The van der Waals surface area contributed by atoms with Gasteiger partial charge in [-0.15, -0.1) is 0 Å². The maximum absolute atomic E-state index is 5.95. The van der Waals surface area contributed by atoms with E-state index in [0.29, 0.717) is 5.69 Å². The predicted molar refractivity (Wildman–Crippen MR) is 88.6 cm³/mol. The van der Waals surface area contributed by atoms with Gasteiger partial charge in [0.2, 0.25) is 0 Å². The van der Waals surface area contributed by atoms with Crippen LogP contribution in [-0.4, -0.2) is 12.0 Å². The zero-order valence-corrected chi connectivity index (χ0v) is 12.4. The number of nitrogen functional groups attached to an aromatic ring is 1. The van der Waals surface area contributed by atoms with Gasteiger partial charge in [-0.2, -0.15) is 11.3 Å². The summed E-state index contributed by atoms with van der Waals surface area (Å²) in [5, 5.41) is 10.7. The molecule has 2 aliphatic heterocycles. The fourth-order valence-corrected chi connectivity index (χ4v) is 2.98. The average Bonchev–Trinajstić information content (AvgIpc) is 3.18. The lowest BCUT2D eigenvalue weighted by atomic mass is 10.2. The molecule has 0 spiro atoms. The molecule has 0 saturated carbocycles. The van der Waals surface area contributed by atoms with Crippen LogP contribution in [-0.2, 0) is 0 Å². The van der Waals surface area contributed by atoms with Gasteiger partial charge in [0.05, 0.1) is 0 Å². The van der Waals surface area contributed by atoms with Crippen molar-refractivity contribution < 1.29 is 4.74 Å². The monoisotopic (exact) mass is 310 g/mol. The number of fused-ring (bicyclic) bond motifs is 1. The van der Waals surface area contributed by atoms with Gasteiger partial charge in [-0.1, -0.05) is 0 Å². The Balaban J connectivity index is 1.61. The van der Waals surface area contributed by atoms with Crippen LogP contribution in [0.3, 0.4) is 0 Å². The van der Waals surface area contributed by atoms with Gasteiger partial charge in [0.25, 0.3) is 0 Å². The van der Waals surface area contributed by atoms with Crippen molar-refractivity contribution in [3.05, 3.63) is 70.4 Å². The number of ether oxygens (including phenoxy) is 1. The van der Waals surface area contributed by atoms with Crippen LogP contribution in [0.5, 0.6) is 5.75 Å². The molecule has 22 heavy (non-hydrogen) atoms. The van der Waals surface area contributed by atoms with Crippen LogP contribution in [0.15, 0.2) is 69.8 Å². The highest BCUT2D eigenvalue weighted by molar-refractivity contribution is 7.08. The number of thiophene rings is 1. The first-order chi connectivity index (χ1) is 10.8. The first kappa shape index (κ1) is 13.0. The number of allylic oxidation sites excluding steroid dienone is 1. The molecule has 0 aliphatic carbocycles. The van der Waals surface area contributed by atoms with Gasteiger partial charge in [0, 0.05) is 22.8 Å². The predicted octanol–water partition coefficient (Wildman–Crippen LogP) is 2.41. The molecule has 0 bridgehead atoms. The number of nitrogens with one attached hydrogen (secondary N) is 2. The lowest BCUT2D eigenvalue weighted by molar-refractivity contribution is 0.422. The summed E-state index contributed by atoms with van der Waals surface area (Å²) in [5.74, 6) is 2.35. The van der Waals surface area contributed by atoms with E-state index in [0.717, 1.165) is 28.6 Å². The second kappa shape index (κ2) is 5.23. The van der Waals surface area contributed by atoms with Crippen LogP contribution in [0.2, 0.25) is 0 Å². The topological polar surface area (TPSA) is 71.7 Å². The van der Waals surface area contributed by atoms with Gasteiger partial charge >= 0.3 is 0 Å². The molecule has 4 N–H and O–H groups in total. The SMILES string of the molecule is Nc1ccc(OC2=C3NC(c4ccsc4)=NC3NC=C2)cc1. The van der Waals surface area contributed by atoms with E-state index in [1.165, 1.54) is 0 Å². The number of nitrogens with zero attached hydrogens (tertiary/aromatic N) is 1. The highest BCUT2D eigenvalue weighted by Crippen LogP contribution is 2.24. The molecular weight excluding hydrogens is 296 g/mol. The standard InChI is InChI=1S/C16H14N4OS/c17-11-1-3-12(4-2-11)21-13-5-7-18-16-14(13)19-15(20-16)10-6-8-22-9-10/h1-9,16,18H,17H2,(H,19,20). The van der Waals surface area contributed by atoms with Crippen LogP contribution >= 0.6 is 11.3 Å². The van der Waals surface area contributed by atoms with Gasteiger partial charge in [0.1, 0.15) is 17.3 Å². The second-order valence-corrected chi connectivity index (χ2v) is 5.75. The minimum Gasteiger partial charge on any atom is -0.455 e. The molecule has 0 fully saturated rings. The average molecular weight is 310 g/mol. The van der Waals surface area contributed by atoms with Gasteiger partial charge in [-0.25, -0.2) is 4.99 Å². The van der Waals surface area contributed by atoms with Crippen LogP contribution in [0.25, 0.3) is 0 Å². The van der Waals surface area contributed by atoms with E-state index >= 15 is 0 Å². The number of aliphatic imine (C=N–C) groups is 1.